The van der Waals surface area contributed by atoms with E-state index >= 15 is 0 Å². The number of anilines is 1. The Kier molecular flexibility index (Phi) is 3.51. The topological polar surface area (TPSA) is 86.5 Å². The predicted molar refractivity (Wildman–Crippen MR) is 93.1 cm³/mol. The van der Waals surface area contributed by atoms with E-state index < -0.39 is 0 Å². The first-order chi connectivity index (χ1) is 11.7. The van der Waals surface area contributed by atoms with E-state index in [1.807, 2.05) is 12.1 Å². The third-order valence-corrected chi connectivity index (χ3v) is 3.86. The molecule has 0 saturated heterocycles. The van der Waals surface area contributed by atoms with Crippen molar-refractivity contribution >= 4 is 34.2 Å². The summed E-state index contributed by atoms with van der Waals surface area (Å²) in [5.74, 6) is -0.221. The Morgan fingerprint density at radius 2 is 2.08 bits per heavy atom. The molecule has 1 amide bonds. The van der Waals surface area contributed by atoms with E-state index in [9.17, 15) is 4.79 Å². The number of nitrogens with one attached hydrogen (secondary N) is 3. The highest BCUT2D eigenvalue weighted by molar-refractivity contribution is 6.31. The van der Waals surface area contributed by atoms with Crippen LogP contribution in [0.25, 0.3) is 22.4 Å². The van der Waals surface area contributed by atoms with Gasteiger partial charge in [0.15, 0.2) is 5.65 Å². The van der Waals surface area contributed by atoms with Gasteiger partial charge < -0.3 is 10.3 Å². The number of rotatable bonds is 3. The van der Waals surface area contributed by atoms with Crippen molar-refractivity contribution in [2.45, 2.75) is 0 Å². The van der Waals surface area contributed by atoms with Crippen molar-refractivity contribution in [2.24, 2.45) is 0 Å². The fraction of sp³-hybridized carbons (Fsp3) is 0. The number of halogens is 1. The molecule has 4 aromatic rings. The lowest BCUT2D eigenvalue weighted by atomic mass is 10.2. The summed E-state index contributed by atoms with van der Waals surface area (Å²) in [4.78, 5) is 19.6. The van der Waals surface area contributed by atoms with Gasteiger partial charge in [0.1, 0.15) is 0 Å². The largest absolute Gasteiger partial charge is 0.359 e. The Morgan fingerprint density at radius 1 is 1.17 bits per heavy atom. The summed E-state index contributed by atoms with van der Waals surface area (Å²) in [6.07, 6.45) is 3.34. The number of H-pyrrole nitrogens is 2. The molecule has 3 heterocycles. The number of hydrogen-bond acceptors (Lipinski definition) is 3. The summed E-state index contributed by atoms with van der Waals surface area (Å²) in [5.41, 5.74) is 3.34. The Balaban J connectivity index is 1.61. The van der Waals surface area contributed by atoms with Gasteiger partial charge in [-0.3, -0.25) is 9.89 Å². The highest BCUT2D eigenvalue weighted by Gasteiger charge is 2.13. The van der Waals surface area contributed by atoms with Crippen molar-refractivity contribution < 1.29 is 4.79 Å². The second-order valence-corrected chi connectivity index (χ2v) is 5.68. The van der Waals surface area contributed by atoms with Crippen LogP contribution in [0.3, 0.4) is 0 Å². The minimum atomic E-state index is -0.221. The van der Waals surface area contributed by atoms with Gasteiger partial charge in [0.05, 0.1) is 17.0 Å². The van der Waals surface area contributed by atoms with Gasteiger partial charge >= 0.3 is 0 Å². The van der Waals surface area contributed by atoms with Crippen molar-refractivity contribution in [3.8, 4) is 11.4 Å². The predicted octanol–water partition coefficient (Wildman–Crippen LogP) is 3.86. The zero-order chi connectivity index (χ0) is 16.5. The Hall–Kier alpha value is -3.12. The monoisotopic (exact) mass is 337 g/mol. The molecular formula is C17H12ClN5O. The normalized spacial score (nSPS) is 10.9. The lowest BCUT2D eigenvalue weighted by molar-refractivity contribution is 0.102. The fourth-order valence-electron chi connectivity index (χ4n) is 2.49. The van der Waals surface area contributed by atoms with E-state index in [4.69, 9.17) is 11.6 Å². The molecule has 6 nitrogen and oxygen atoms in total. The highest BCUT2D eigenvalue weighted by atomic mass is 35.5. The van der Waals surface area contributed by atoms with E-state index in [0.717, 1.165) is 16.8 Å². The Morgan fingerprint density at radius 3 is 2.96 bits per heavy atom. The van der Waals surface area contributed by atoms with Crippen LogP contribution in [0.5, 0.6) is 0 Å². The number of amides is 1. The van der Waals surface area contributed by atoms with Crippen molar-refractivity contribution in [1.82, 2.24) is 20.2 Å². The molecule has 0 aliphatic rings. The highest BCUT2D eigenvalue weighted by Crippen LogP contribution is 2.25. The second-order valence-electron chi connectivity index (χ2n) is 5.24. The first-order valence-corrected chi connectivity index (χ1v) is 7.63. The van der Waals surface area contributed by atoms with Crippen LogP contribution in [0.4, 0.5) is 5.69 Å². The van der Waals surface area contributed by atoms with Crippen LogP contribution < -0.4 is 5.32 Å². The van der Waals surface area contributed by atoms with Gasteiger partial charge in [-0.15, -0.1) is 0 Å². The molecule has 0 bridgehead atoms. The molecule has 7 heteroatoms. The second kappa shape index (κ2) is 5.82. The minimum Gasteiger partial charge on any atom is -0.359 e. The average Bonchev–Trinajstić information content (AvgIpc) is 3.21. The molecule has 1 aromatic carbocycles. The van der Waals surface area contributed by atoms with E-state index in [-0.39, 0.29) is 5.91 Å². The molecule has 0 spiro atoms. The van der Waals surface area contributed by atoms with Crippen LogP contribution in [0.1, 0.15) is 10.4 Å². The third kappa shape index (κ3) is 2.63. The average molecular weight is 338 g/mol. The number of pyridine rings is 1. The van der Waals surface area contributed by atoms with E-state index in [1.54, 1.807) is 42.7 Å². The summed E-state index contributed by atoms with van der Waals surface area (Å²) in [5, 5.41) is 11.4. The molecule has 3 N–H and O–H groups in total. The van der Waals surface area contributed by atoms with Gasteiger partial charge in [-0.1, -0.05) is 17.7 Å². The Labute approximate surface area is 141 Å². The standard InChI is InChI=1S/C17H12ClN5O/c18-11-3-1-4-12(8-11)21-17(24)10-7-14(20-9-10)15-13-5-2-6-19-16(13)23-22-15/h1-9,20H,(H,21,24)(H,19,22,23). The number of hydrogen-bond donors (Lipinski definition) is 3. The van der Waals surface area contributed by atoms with Crippen LogP contribution in [-0.2, 0) is 0 Å². The molecule has 0 atom stereocenters. The smallest absolute Gasteiger partial charge is 0.257 e. The van der Waals surface area contributed by atoms with Crippen LogP contribution in [0.2, 0.25) is 5.02 Å². The number of fused-ring (bicyclic) bond motifs is 1. The zero-order valence-electron chi connectivity index (χ0n) is 12.4. The van der Waals surface area contributed by atoms with Gasteiger partial charge in [0, 0.05) is 28.5 Å². The summed E-state index contributed by atoms with van der Waals surface area (Å²) in [6, 6.07) is 12.5. The number of aromatic nitrogens is 4. The van der Waals surface area contributed by atoms with Gasteiger partial charge in [-0.25, -0.2) is 4.98 Å². The van der Waals surface area contributed by atoms with Gasteiger partial charge in [-0.05, 0) is 36.4 Å². The molecule has 0 fully saturated rings. The summed E-state index contributed by atoms with van der Waals surface area (Å²) in [7, 11) is 0. The lowest BCUT2D eigenvalue weighted by Crippen LogP contribution is -2.10. The molecule has 0 unspecified atom stereocenters. The summed E-state index contributed by atoms with van der Waals surface area (Å²) in [6.45, 7) is 0. The quantitative estimate of drug-likeness (QED) is 0.530. The molecule has 0 aliphatic carbocycles. The lowest BCUT2D eigenvalue weighted by Gasteiger charge is -2.03. The van der Waals surface area contributed by atoms with Crippen LogP contribution in [0.15, 0.2) is 54.9 Å². The maximum atomic E-state index is 12.4. The Bertz CT molecular complexity index is 1040. The number of carbonyl (C=O) groups is 1. The number of benzene rings is 1. The van der Waals surface area contributed by atoms with Gasteiger partial charge in [0.2, 0.25) is 0 Å². The molecule has 0 saturated carbocycles. The van der Waals surface area contributed by atoms with E-state index in [0.29, 0.717) is 21.9 Å². The molecule has 118 valence electrons. The van der Waals surface area contributed by atoms with E-state index in [1.165, 1.54) is 0 Å². The molecule has 0 aliphatic heterocycles. The van der Waals surface area contributed by atoms with Crippen LogP contribution in [-0.4, -0.2) is 26.1 Å². The fourth-order valence-corrected chi connectivity index (χ4v) is 2.69. The maximum absolute atomic E-state index is 12.4. The number of nitrogens with zero attached hydrogens (tertiary/aromatic N) is 2. The molecule has 4 rings (SSSR count). The molecule has 0 radical (unpaired) electrons. The van der Waals surface area contributed by atoms with Crippen LogP contribution >= 0.6 is 11.6 Å². The molecule has 3 aromatic heterocycles. The zero-order valence-corrected chi connectivity index (χ0v) is 13.1. The molecular weight excluding hydrogens is 326 g/mol. The number of aromatic amines is 2. The minimum absolute atomic E-state index is 0.221. The van der Waals surface area contributed by atoms with E-state index in [2.05, 4.69) is 25.5 Å². The van der Waals surface area contributed by atoms with Gasteiger partial charge in [-0.2, -0.15) is 5.10 Å². The van der Waals surface area contributed by atoms with Crippen molar-refractivity contribution in [2.75, 3.05) is 5.32 Å². The SMILES string of the molecule is O=C(Nc1cccc(Cl)c1)c1c[nH]c(-c2[nH]nc3ncccc23)c1. The first kappa shape index (κ1) is 14.5. The third-order valence-electron chi connectivity index (χ3n) is 3.63. The number of carbonyl (C=O) groups excluding carboxylic acids is 1. The first-order valence-electron chi connectivity index (χ1n) is 7.25. The molecule has 24 heavy (non-hydrogen) atoms. The van der Waals surface area contributed by atoms with Gasteiger partial charge in [0.25, 0.3) is 5.91 Å². The summed E-state index contributed by atoms with van der Waals surface area (Å²) < 4.78 is 0. The van der Waals surface area contributed by atoms with Crippen molar-refractivity contribution in [1.29, 1.82) is 0 Å². The summed E-state index contributed by atoms with van der Waals surface area (Å²) >= 11 is 5.93. The van der Waals surface area contributed by atoms with Crippen LogP contribution in [0, 0.1) is 0 Å². The van der Waals surface area contributed by atoms with Crippen molar-refractivity contribution in [3.05, 3.63) is 65.4 Å². The van der Waals surface area contributed by atoms with Crippen molar-refractivity contribution in [3.63, 3.8) is 0 Å². The maximum Gasteiger partial charge on any atom is 0.257 e.